The molecule has 3 aromatic heterocycles. The number of fused-ring (bicyclic) bond motifs is 1. The molecule has 4 rings (SSSR count). The number of aromatic nitrogens is 3. The highest BCUT2D eigenvalue weighted by molar-refractivity contribution is 6.38. The molecule has 0 fully saturated rings. The zero-order chi connectivity index (χ0) is 16.0. The van der Waals surface area contributed by atoms with Gasteiger partial charge in [0.1, 0.15) is 11.5 Å². The van der Waals surface area contributed by atoms with Crippen molar-refractivity contribution in [2.75, 3.05) is 0 Å². The first-order chi connectivity index (χ1) is 11.1. The Morgan fingerprint density at radius 1 is 1.26 bits per heavy atom. The fourth-order valence-corrected chi connectivity index (χ4v) is 2.88. The molecule has 0 spiro atoms. The first-order valence-electron chi connectivity index (χ1n) is 7.28. The van der Waals surface area contributed by atoms with E-state index in [-0.39, 0.29) is 5.92 Å². The number of H-pyrrole nitrogens is 1. The maximum atomic E-state index is 6.47. The van der Waals surface area contributed by atoms with Gasteiger partial charge in [-0.05, 0) is 38.1 Å². The van der Waals surface area contributed by atoms with Crippen molar-refractivity contribution in [1.82, 2.24) is 15.1 Å². The highest BCUT2D eigenvalue weighted by Gasteiger charge is 2.21. The summed E-state index contributed by atoms with van der Waals surface area (Å²) < 4.78 is 10.8. The number of benzene rings is 1. The minimum atomic E-state index is -0.0899. The number of hydrogen-bond acceptors (Lipinski definition) is 4. The van der Waals surface area contributed by atoms with Crippen molar-refractivity contribution in [3.63, 3.8) is 0 Å². The van der Waals surface area contributed by atoms with Crippen LogP contribution in [0.3, 0.4) is 0 Å². The predicted molar refractivity (Wildman–Crippen MR) is 87.6 cm³/mol. The SMILES string of the molecule is Cc1ccc2[nH]c(-c3nc(C(C)c4ccco4)no3)c(Cl)c2c1. The van der Waals surface area contributed by atoms with E-state index in [2.05, 4.69) is 15.1 Å². The topological polar surface area (TPSA) is 67.8 Å². The number of aromatic amines is 1. The molecule has 3 heterocycles. The van der Waals surface area contributed by atoms with Gasteiger partial charge in [-0.2, -0.15) is 4.98 Å². The zero-order valence-electron chi connectivity index (χ0n) is 12.6. The van der Waals surface area contributed by atoms with Crippen LogP contribution in [0.25, 0.3) is 22.5 Å². The summed E-state index contributed by atoms with van der Waals surface area (Å²) in [6, 6.07) is 9.77. The number of hydrogen-bond donors (Lipinski definition) is 1. The lowest BCUT2D eigenvalue weighted by atomic mass is 10.1. The van der Waals surface area contributed by atoms with Crippen LogP contribution in [0.5, 0.6) is 0 Å². The summed E-state index contributed by atoms with van der Waals surface area (Å²) >= 11 is 6.47. The van der Waals surface area contributed by atoms with Gasteiger partial charge in [-0.3, -0.25) is 0 Å². The van der Waals surface area contributed by atoms with E-state index in [1.165, 1.54) is 0 Å². The Bertz CT molecular complexity index is 969. The Labute approximate surface area is 137 Å². The van der Waals surface area contributed by atoms with E-state index in [4.69, 9.17) is 20.5 Å². The highest BCUT2D eigenvalue weighted by Crippen LogP contribution is 2.35. The molecular weight excluding hydrogens is 314 g/mol. The standard InChI is InChI=1S/C17H14ClN3O2/c1-9-5-6-12-11(8-9)14(18)15(19-12)17-20-16(21-23-17)10(2)13-4-3-7-22-13/h3-8,10,19H,1-2H3. The van der Waals surface area contributed by atoms with E-state index in [9.17, 15) is 0 Å². The first kappa shape index (κ1) is 14.1. The van der Waals surface area contributed by atoms with Crippen LogP contribution in [0.4, 0.5) is 0 Å². The lowest BCUT2D eigenvalue weighted by Gasteiger charge is -2.00. The minimum absolute atomic E-state index is 0.0899. The molecule has 23 heavy (non-hydrogen) atoms. The van der Waals surface area contributed by atoms with Crippen LogP contribution in [0.15, 0.2) is 45.5 Å². The second-order valence-electron chi connectivity index (χ2n) is 5.56. The molecule has 0 radical (unpaired) electrons. The molecule has 0 aliphatic rings. The number of furan rings is 1. The quantitative estimate of drug-likeness (QED) is 0.579. The van der Waals surface area contributed by atoms with Gasteiger partial charge >= 0.3 is 0 Å². The van der Waals surface area contributed by atoms with Crippen LogP contribution in [-0.4, -0.2) is 15.1 Å². The predicted octanol–water partition coefficient (Wildman–Crippen LogP) is 4.92. The molecule has 1 aromatic carbocycles. The third-order valence-corrected chi connectivity index (χ3v) is 4.30. The van der Waals surface area contributed by atoms with E-state index in [1.807, 2.05) is 44.2 Å². The first-order valence-corrected chi connectivity index (χ1v) is 7.66. The average molecular weight is 328 g/mol. The maximum absolute atomic E-state index is 6.47. The van der Waals surface area contributed by atoms with Gasteiger partial charge in [0.25, 0.3) is 5.89 Å². The number of nitrogens with one attached hydrogen (secondary N) is 1. The summed E-state index contributed by atoms with van der Waals surface area (Å²) in [4.78, 5) is 7.70. The third-order valence-electron chi connectivity index (χ3n) is 3.90. The molecule has 1 atom stereocenters. The largest absolute Gasteiger partial charge is 0.469 e. The summed E-state index contributed by atoms with van der Waals surface area (Å²) in [5, 5.41) is 5.59. The molecule has 0 aliphatic heterocycles. The second kappa shape index (κ2) is 5.28. The van der Waals surface area contributed by atoms with Crippen LogP contribution < -0.4 is 0 Å². The van der Waals surface area contributed by atoms with Gasteiger partial charge in [-0.15, -0.1) is 0 Å². The molecule has 5 nitrogen and oxygen atoms in total. The lowest BCUT2D eigenvalue weighted by Crippen LogP contribution is -1.96. The van der Waals surface area contributed by atoms with Crippen molar-refractivity contribution >= 4 is 22.5 Å². The smallest absolute Gasteiger partial charge is 0.275 e. The second-order valence-corrected chi connectivity index (χ2v) is 5.94. The molecule has 0 saturated heterocycles. The summed E-state index contributed by atoms with van der Waals surface area (Å²) in [5.74, 6) is 1.63. The summed E-state index contributed by atoms with van der Waals surface area (Å²) in [7, 11) is 0. The van der Waals surface area contributed by atoms with Crippen molar-refractivity contribution in [1.29, 1.82) is 0 Å². The van der Waals surface area contributed by atoms with E-state index in [0.29, 0.717) is 22.4 Å². The summed E-state index contributed by atoms with van der Waals surface area (Å²) in [6.45, 7) is 3.99. The van der Waals surface area contributed by atoms with Gasteiger partial charge in [-0.1, -0.05) is 28.4 Å². The van der Waals surface area contributed by atoms with E-state index < -0.39 is 0 Å². The van der Waals surface area contributed by atoms with Crippen molar-refractivity contribution < 1.29 is 8.94 Å². The van der Waals surface area contributed by atoms with Crippen molar-refractivity contribution in [3.05, 3.63) is 58.8 Å². The molecule has 0 aliphatic carbocycles. The van der Waals surface area contributed by atoms with Crippen LogP contribution in [0, 0.1) is 6.92 Å². The molecule has 1 N–H and O–H groups in total. The maximum Gasteiger partial charge on any atom is 0.275 e. The van der Waals surface area contributed by atoms with Gasteiger partial charge in [0.15, 0.2) is 5.82 Å². The summed E-state index contributed by atoms with van der Waals surface area (Å²) in [5.41, 5.74) is 2.72. The summed E-state index contributed by atoms with van der Waals surface area (Å²) in [6.07, 6.45) is 1.63. The third kappa shape index (κ3) is 2.33. The van der Waals surface area contributed by atoms with E-state index >= 15 is 0 Å². The average Bonchev–Trinajstić information content (AvgIpc) is 3.27. The fraction of sp³-hybridized carbons (Fsp3) is 0.176. The Balaban J connectivity index is 1.76. The Morgan fingerprint density at radius 3 is 2.91 bits per heavy atom. The number of nitrogens with zero attached hydrogens (tertiary/aromatic N) is 2. The molecule has 116 valence electrons. The van der Waals surface area contributed by atoms with Gasteiger partial charge in [0.05, 0.1) is 17.2 Å². The number of halogens is 1. The molecule has 1 unspecified atom stereocenters. The van der Waals surface area contributed by atoms with Gasteiger partial charge in [-0.25, -0.2) is 0 Å². The molecular formula is C17H14ClN3O2. The lowest BCUT2D eigenvalue weighted by molar-refractivity contribution is 0.412. The van der Waals surface area contributed by atoms with Crippen LogP contribution in [-0.2, 0) is 0 Å². The molecule has 4 aromatic rings. The molecule has 0 amide bonds. The van der Waals surface area contributed by atoms with E-state index in [0.717, 1.165) is 22.2 Å². The molecule has 6 heteroatoms. The zero-order valence-corrected chi connectivity index (χ0v) is 13.4. The normalized spacial score (nSPS) is 12.8. The Hall–Kier alpha value is -2.53. The van der Waals surface area contributed by atoms with Gasteiger partial charge < -0.3 is 13.9 Å². The highest BCUT2D eigenvalue weighted by atomic mass is 35.5. The Kier molecular flexibility index (Phi) is 3.23. The van der Waals surface area contributed by atoms with Gasteiger partial charge in [0, 0.05) is 10.9 Å². The van der Waals surface area contributed by atoms with E-state index in [1.54, 1.807) is 6.26 Å². The minimum Gasteiger partial charge on any atom is -0.469 e. The van der Waals surface area contributed by atoms with Crippen LogP contribution in [0.1, 0.15) is 30.0 Å². The Morgan fingerprint density at radius 2 is 2.13 bits per heavy atom. The van der Waals surface area contributed by atoms with Crippen molar-refractivity contribution in [2.24, 2.45) is 0 Å². The molecule has 0 saturated carbocycles. The van der Waals surface area contributed by atoms with Gasteiger partial charge in [0.2, 0.25) is 0 Å². The fourth-order valence-electron chi connectivity index (χ4n) is 2.60. The van der Waals surface area contributed by atoms with Crippen LogP contribution >= 0.6 is 11.6 Å². The van der Waals surface area contributed by atoms with Crippen molar-refractivity contribution in [3.8, 4) is 11.6 Å². The van der Waals surface area contributed by atoms with Crippen LogP contribution in [0.2, 0.25) is 5.02 Å². The van der Waals surface area contributed by atoms with Crippen molar-refractivity contribution in [2.45, 2.75) is 19.8 Å². The number of rotatable bonds is 3. The molecule has 0 bridgehead atoms. The monoisotopic (exact) mass is 327 g/mol. The number of aryl methyl sites for hydroxylation is 1.